The van der Waals surface area contributed by atoms with Crippen molar-refractivity contribution in [2.24, 2.45) is 0 Å². The molecule has 0 fully saturated rings. The molecule has 2 aromatic carbocycles. The molecule has 3 rings (SSSR count). The fourth-order valence-corrected chi connectivity index (χ4v) is 3.37. The van der Waals surface area contributed by atoms with Crippen LogP contribution in [0.4, 0.5) is 0 Å². The van der Waals surface area contributed by atoms with Crippen molar-refractivity contribution in [3.05, 3.63) is 47.7 Å². The Morgan fingerprint density at radius 2 is 1.76 bits per heavy atom. The van der Waals surface area contributed by atoms with Gasteiger partial charge in [-0.25, -0.2) is 9.36 Å². The molecule has 34 heavy (non-hydrogen) atoms. The minimum absolute atomic E-state index is 0.00347. The largest absolute Gasteiger partial charge is 0.524 e. The van der Waals surface area contributed by atoms with Gasteiger partial charge >= 0.3 is 13.8 Å². The van der Waals surface area contributed by atoms with Gasteiger partial charge in [0.1, 0.15) is 5.75 Å². The zero-order chi connectivity index (χ0) is 25.5. The third-order valence-corrected chi connectivity index (χ3v) is 4.97. The number of phosphoric acid groups is 1. The molecule has 0 amide bonds. The Balaban J connectivity index is 0.000000248. The molecule has 186 valence electrons. The topological polar surface area (TPSA) is 173 Å². The lowest BCUT2D eigenvalue weighted by Gasteiger charge is -2.11. The summed E-state index contributed by atoms with van der Waals surface area (Å²) < 4.78 is 20.5. The van der Waals surface area contributed by atoms with E-state index < -0.39 is 31.0 Å². The van der Waals surface area contributed by atoms with Crippen molar-refractivity contribution in [2.75, 3.05) is 27.2 Å². The van der Waals surface area contributed by atoms with Gasteiger partial charge in [-0.1, -0.05) is 13.0 Å². The van der Waals surface area contributed by atoms with E-state index >= 15 is 0 Å². The van der Waals surface area contributed by atoms with Crippen molar-refractivity contribution < 1.29 is 43.7 Å². The molecule has 6 N–H and O–H groups in total. The standard InChI is InChI=1S/C12H17N2O4P.C10H12O5/c1-14(2)7-6-9-8-13-10-4-3-5-11(12(9)10)18-19(15,16)17;1-2-3-15-10(14)6-4-7(11)9(13)8(12)5-6/h3-5,8,13H,6-7H2,1-2H3,(H2,15,16,17);4-5,11-13H,2-3H2,1H3. The molecule has 12 heteroatoms. The molecule has 0 aliphatic rings. The lowest BCUT2D eigenvalue weighted by molar-refractivity contribution is 0.0504. The Kier molecular flexibility index (Phi) is 9.34. The smallest absolute Gasteiger partial charge is 0.504 e. The first-order chi connectivity index (χ1) is 15.9. The number of rotatable bonds is 8. The molecule has 1 aromatic heterocycles. The summed E-state index contributed by atoms with van der Waals surface area (Å²) in [6.07, 6.45) is 3.30. The number of nitrogens with one attached hydrogen (secondary N) is 1. The van der Waals surface area contributed by atoms with Crippen molar-refractivity contribution in [3.8, 4) is 23.0 Å². The van der Waals surface area contributed by atoms with Crippen LogP contribution in [0.25, 0.3) is 10.9 Å². The Morgan fingerprint density at radius 3 is 2.32 bits per heavy atom. The number of aromatic hydroxyl groups is 3. The molecule has 0 radical (unpaired) electrons. The second-order valence-corrected chi connectivity index (χ2v) is 8.79. The van der Waals surface area contributed by atoms with E-state index in [1.807, 2.05) is 38.2 Å². The Morgan fingerprint density at radius 1 is 1.12 bits per heavy atom. The highest BCUT2D eigenvalue weighted by molar-refractivity contribution is 7.46. The summed E-state index contributed by atoms with van der Waals surface area (Å²) in [6, 6.07) is 7.18. The predicted octanol–water partition coefficient (Wildman–Crippen LogP) is 3.11. The van der Waals surface area contributed by atoms with Crippen LogP contribution in [0.5, 0.6) is 23.0 Å². The maximum atomic E-state index is 11.3. The van der Waals surface area contributed by atoms with Crippen molar-refractivity contribution in [2.45, 2.75) is 19.8 Å². The molecule has 0 saturated carbocycles. The highest BCUT2D eigenvalue weighted by Gasteiger charge is 2.19. The van der Waals surface area contributed by atoms with E-state index in [4.69, 9.17) is 34.4 Å². The SMILES string of the molecule is CCCOC(=O)c1cc(O)c(O)c(O)c1.CN(C)CCc1c[nH]c2cccc(OP(=O)(O)O)c12. The van der Waals surface area contributed by atoms with Crippen LogP contribution in [0.1, 0.15) is 29.3 Å². The average molecular weight is 496 g/mol. The van der Waals surface area contributed by atoms with Crippen LogP contribution in [0.15, 0.2) is 36.5 Å². The first kappa shape index (κ1) is 27.0. The van der Waals surface area contributed by atoms with Crippen LogP contribution >= 0.6 is 7.82 Å². The molecule has 0 bridgehead atoms. The number of aromatic amines is 1. The minimum atomic E-state index is -4.55. The van der Waals surface area contributed by atoms with E-state index in [-0.39, 0.29) is 17.9 Å². The molecule has 11 nitrogen and oxygen atoms in total. The third-order valence-electron chi connectivity index (χ3n) is 4.54. The van der Waals surface area contributed by atoms with Gasteiger partial charge in [-0.2, -0.15) is 0 Å². The summed E-state index contributed by atoms with van der Waals surface area (Å²) in [6.45, 7) is 2.96. The van der Waals surface area contributed by atoms with Gasteiger partial charge in [-0.3, -0.25) is 9.79 Å². The Labute approximate surface area is 196 Å². The van der Waals surface area contributed by atoms with Gasteiger partial charge in [0.05, 0.1) is 12.2 Å². The molecule has 0 spiro atoms. The van der Waals surface area contributed by atoms with E-state index in [0.29, 0.717) is 6.42 Å². The second-order valence-electron chi connectivity index (χ2n) is 7.63. The van der Waals surface area contributed by atoms with Crippen LogP contribution in [0.3, 0.4) is 0 Å². The average Bonchev–Trinajstić information content (AvgIpc) is 3.17. The van der Waals surface area contributed by atoms with Gasteiger partial charge in [0.15, 0.2) is 17.2 Å². The number of aromatic nitrogens is 1. The van der Waals surface area contributed by atoms with Gasteiger partial charge in [0.2, 0.25) is 0 Å². The van der Waals surface area contributed by atoms with Crippen molar-refractivity contribution in [1.29, 1.82) is 0 Å². The number of hydrogen-bond donors (Lipinski definition) is 6. The summed E-state index contributed by atoms with van der Waals surface area (Å²) in [7, 11) is -0.602. The van der Waals surface area contributed by atoms with E-state index in [1.54, 1.807) is 12.1 Å². The van der Waals surface area contributed by atoms with E-state index in [9.17, 15) is 9.36 Å². The van der Waals surface area contributed by atoms with Gasteiger partial charge in [0, 0.05) is 23.6 Å². The summed E-state index contributed by atoms with van der Waals surface area (Å²) >= 11 is 0. The van der Waals surface area contributed by atoms with E-state index in [0.717, 1.165) is 41.6 Å². The Hall–Kier alpha value is -3.24. The van der Waals surface area contributed by atoms with Crippen molar-refractivity contribution in [3.63, 3.8) is 0 Å². The number of phenolic OH excluding ortho intramolecular Hbond substituents is 3. The van der Waals surface area contributed by atoms with Crippen LogP contribution in [-0.4, -0.2) is 68.2 Å². The zero-order valence-corrected chi connectivity index (χ0v) is 20.0. The molecule has 1 heterocycles. The molecular weight excluding hydrogens is 467 g/mol. The van der Waals surface area contributed by atoms with Gasteiger partial charge < -0.3 is 34.5 Å². The normalized spacial score (nSPS) is 11.2. The number of carbonyl (C=O) groups excluding carboxylic acids is 1. The van der Waals surface area contributed by atoms with Gasteiger partial charge in [0.25, 0.3) is 0 Å². The van der Waals surface area contributed by atoms with Gasteiger partial charge in [-0.05, 0) is 56.8 Å². The predicted molar refractivity (Wildman–Crippen MR) is 125 cm³/mol. The highest BCUT2D eigenvalue weighted by Crippen LogP contribution is 2.41. The number of ether oxygens (including phenoxy) is 1. The molecule has 0 saturated heterocycles. The number of H-pyrrole nitrogens is 1. The van der Waals surface area contributed by atoms with Crippen molar-refractivity contribution >= 4 is 24.7 Å². The number of phosphoric ester groups is 1. The number of carbonyl (C=O) groups is 1. The summed E-state index contributed by atoms with van der Waals surface area (Å²) in [5.41, 5.74) is 1.78. The monoisotopic (exact) mass is 496 g/mol. The number of benzene rings is 2. The molecule has 0 atom stereocenters. The summed E-state index contributed by atoms with van der Waals surface area (Å²) in [4.78, 5) is 34.3. The second kappa shape index (κ2) is 11.8. The van der Waals surface area contributed by atoms with Crippen LogP contribution in [0.2, 0.25) is 0 Å². The number of fused-ring (bicyclic) bond motifs is 1. The molecule has 3 aromatic rings. The number of likely N-dealkylation sites (N-methyl/N-ethyl adjacent to an activating group) is 1. The minimum Gasteiger partial charge on any atom is -0.504 e. The fraction of sp³-hybridized carbons (Fsp3) is 0.318. The number of nitrogens with zero attached hydrogens (tertiary/aromatic N) is 1. The van der Waals surface area contributed by atoms with Crippen LogP contribution < -0.4 is 4.52 Å². The Bertz CT molecular complexity index is 1150. The molecular formula is C22H29N2O9P. The lowest BCUT2D eigenvalue weighted by Crippen LogP contribution is -2.14. The first-order valence-electron chi connectivity index (χ1n) is 10.3. The maximum Gasteiger partial charge on any atom is 0.524 e. The number of phenols is 3. The zero-order valence-electron chi connectivity index (χ0n) is 19.1. The number of esters is 1. The lowest BCUT2D eigenvalue weighted by atomic mass is 10.1. The maximum absolute atomic E-state index is 11.3. The van der Waals surface area contributed by atoms with Crippen LogP contribution in [0, 0.1) is 0 Å². The number of hydrogen-bond acceptors (Lipinski definition) is 8. The molecule has 0 unspecified atom stereocenters. The van der Waals surface area contributed by atoms with E-state index in [2.05, 4.69) is 4.98 Å². The van der Waals surface area contributed by atoms with E-state index in [1.165, 1.54) is 0 Å². The molecule has 0 aliphatic heterocycles. The fourth-order valence-electron chi connectivity index (χ4n) is 2.97. The van der Waals surface area contributed by atoms with Gasteiger partial charge in [-0.15, -0.1) is 0 Å². The molecule has 0 aliphatic carbocycles. The summed E-state index contributed by atoms with van der Waals surface area (Å²) in [5.74, 6) is -2.21. The third kappa shape index (κ3) is 7.67. The quantitative estimate of drug-likeness (QED) is 0.155. The highest BCUT2D eigenvalue weighted by atomic mass is 31.2. The van der Waals surface area contributed by atoms with Crippen molar-refractivity contribution in [1.82, 2.24) is 9.88 Å². The summed E-state index contributed by atoms with van der Waals surface area (Å²) in [5, 5.41) is 28.0. The first-order valence-corrected chi connectivity index (χ1v) is 11.9. The van der Waals surface area contributed by atoms with Crippen LogP contribution in [-0.2, 0) is 15.7 Å².